The van der Waals surface area contributed by atoms with Gasteiger partial charge in [0.05, 0.1) is 18.4 Å². The summed E-state index contributed by atoms with van der Waals surface area (Å²) in [5.74, 6) is -1.43. The van der Waals surface area contributed by atoms with Gasteiger partial charge in [-0.1, -0.05) is 30.3 Å². The number of esters is 1. The maximum Gasteiger partial charge on any atom is 0.343 e. The Morgan fingerprint density at radius 2 is 1.80 bits per heavy atom. The van der Waals surface area contributed by atoms with Crippen molar-refractivity contribution in [3.63, 3.8) is 0 Å². The molecular formula is C22H16N2O6. The van der Waals surface area contributed by atoms with E-state index in [2.05, 4.69) is 0 Å². The molecule has 8 nitrogen and oxygen atoms in total. The molecule has 1 amide bonds. The number of carbonyl (C=O) groups excluding carboxylic acids is 2. The summed E-state index contributed by atoms with van der Waals surface area (Å²) in [5, 5.41) is 0.562. The second-order valence-electron chi connectivity index (χ2n) is 7.05. The molecule has 8 heteroatoms. The highest BCUT2D eigenvalue weighted by atomic mass is 16.5. The van der Waals surface area contributed by atoms with E-state index in [9.17, 15) is 14.4 Å². The third-order valence-electron chi connectivity index (χ3n) is 5.64. The van der Waals surface area contributed by atoms with Crippen LogP contribution in [0.2, 0.25) is 0 Å². The average Bonchev–Trinajstić information content (AvgIpc) is 2.97. The number of benzene rings is 2. The number of rotatable bonds is 1. The van der Waals surface area contributed by atoms with Crippen molar-refractivity contribution in [2.75, 3.05) is 19.1 Å². The molecule has 150 valence electrons. The predicted molar refractivity (Wildman–Crippen MR) is 107 cm³/mol. The topological polar surface area (TPSA) is 112 Å². The Hall–Kier alpha value is -4.07. The zero-order chi connectivity index (χ0) is 21.2. The summed E-state index contributed by atoms with van der Waals surface area (Å²) in [6.07, 6.45) is 0. The largest absolute Gasteiger partial charge is 0.465 e. The van der Waals surface area contributed by atoms with Crippen LogP contribution in [0.4, 0.5) is 5.69 Å². The summed E-state index contributed by atoms with van der Waals surface area (Å²) in [7, 11) is 2.72. The summed E-state index contributed by atoms with van der Waals surface area (Å²) < 4.78 is 16.1. The van der Waals surface area contributed by atoms with E-state index < -0.39 is 22.9 Å². The number of methoxy groups -OCH3 is 1. The van der Waals surface area contributed by atoms with Gasteiger partial charge in [0.2, 0.25) is 11.8 Å². The first-order chi connectivity index (χ1) is 14.4. The number of amides is 1. The minimum atomic E-state index is -1.85. The lowest BCUT2D eigenvalue weighted by Gasteiger charge is -2.34. The minimum absolute atomic E-state index is 0.00722. The SMILES string of the molecule is COC(=O)C1=C(N)Oc2ccccc2[C@@]12C(=O)N(C)c1c2c(=O)oc2ccccc12. The van der Waals surface area contributed by atoms with E-state index >= 15 is 0 Å². The summed E-state index contributed by atoms with van der Waals surface area (Å²) in [6, 6.07) is 13.5. The van der Waals surface area contributed by atoms with Crippen molar-refractivity contribution in [2.45, 2.75) is 5.41 Å². The molecule has 3 aromatic rings. The average molecular weight is 404 g/mol. The number of nitrogens with two attached hydrogens (primary N) is 1. The number of fused-ring (bicyclic) bond motifs is 6. The minimum Gasteiger partial charge on any atom is -0.465 e. The molecule has 1 spiro atoms. The van der Waals surface area contributed by atoms with Crippen LogP contribution in [0, 0.1) is 0 Å². The molecule has 0 aliphatic carbocycles. The van der Waals surface area contributed by atoms with Crippen LogP contribution in [-0.4, -0.2) is 26.0 Å². The van der Waals surface area contributed by atoms with Gasteiger partial charge in [0.1, 0.15) is 22.3 Å². The van der Waals surface area contributed by atoms with Crippen molar-refractivity contribution in [3.05, 3.63) is 81.5 Å². The molecule has 0 unspecified atom stereocenters. The highest BCUT2D eigenvalue weighted by molar-refractivity contribution is 6.21. The van der Waals surface area contributed by atoms with Crippen molar-refractivity contribution in [3.8, 4) is 5.75 Å². The quantitative estimate of drug-likeness (QED) is 0.486. The lowest BCUT2D eigenvalue weighted by atomic mass is 9.68. The molecule has 0 fully saturated rings. The smallest absolute Gasteiger partial charge is 0.343 e. The third kappa shape index (κ3) is 1.97. The molecule has 0 saturated heterocycles. The number of likely N-dealkylation sites (N-methyl/N-ethyl adjacent to an activating group) is 1. The molecule has 2 N–H and O–H groups in total. The van der Waals surface area contributed by atoms with Crippen LogP contribution in [0.3, 0.4) is 0 Å². The zero-order valence-corrected chi connectivity index (χ0v) is 16.1. The fourth-order valence-electron chi connectivity index (χ4n) is 4.46. The number of hydrogen-bond acceptors (Lipinski definition) is 7. The molecule has 3 heterocycles. The van der Waals surface area contributed by atoms with Gasteiger partial charge in [0, 0.05) is 18.0 Å². The van der Waals surface area contributed by atoms with Crippen molar-refractivity contribution < 1.29 is 23.5 Å². The fraction of sp³-hybridized carbons (Fsp3) is 0.136. The Balaban J connectivity index is 2.03. The number of carbonyl (C=O) groups is 2. The number of anilines is 1. The maximum absolute atomic E-state index is 13.9. The second-order valence-corrected chi connectivity index (χ2v) is 7.05. The normalized spacial score (nSPS) is 19.7. The van der Waals surface area contributed by atoms with E-state index in [1.807, 2.05) is 0 Å². The van der Waals surface area contributed by atoms with Crippen LogP contribution < -0.4 is 21.0 Å². The van der Waals surface area contributed by atoms with E-state index in [1.54, 1.807) is 55.6 Å². The van der Waals surface area contributed by atoms with Gasteiger partial charge in [-0.25, -0.2) is 9.59 Å². The predicted octanol–water partition coefficient (Wildman–Crippen LogP) is 1.79. The van der Waals surface area contributed by atoms with E-state index in [1.165, 1.54) is 12.0 Å². The number of hydrogen-bond donors (Lipinski definition) is 1. The second kappa shape index (κ2) is 5.96. The molecule has 5 rings (SSSR count). The Labute approximate surface area is 170 Å². The Morgan fingerprint density at radius 3 is 2.57 bits per heavy atom. The van der Waals surface area contributed by atoms with Gasteiger partial charge in [0.15, 0.2) is 0 Å². The van der Waals surface area contributed by atoms with E-state index in [0.29, 0.717) is 22.2 Å². The molecule has 2 aliphatic heterocycles. The van der Waals surface area contributed by atoms with Gasteiger partial charge in [-0.05, 0) is 18.2 Å². The van der Waals surface area contributed by atoms with Crippen LogP contribution in [0.5, 0.6) is 5.75 Å². The highest BCUT2D eigenvalue weighted by Crippen LogP contribution is 2.55. The van der Waals surface area contributed by atoms with Crippen LogP contribution in [-0.2, 0) is 19.7 Å². The molecule has 0 saturated carbocycles. The maximum atomic E-state index is 13.9. The first-order valence-corrected chi connectivity index (χ1v) is 9.13. The van der Waals surface area contributed by atoms with Crippen LogP contribution in [0.25, 0.3) is 11.0 Å². The van der Waals surface area contributed by atoms with E-state index in [4.69, 9.17) is 19.6 Å². The van der Waals surface area contributed by atoms with Gasteiger partial charge >= 0.3 is 11.6 Å². The number of nitrogens with zero attached hydrogens (tertiary/aromatic N) is 1. The van der Waals surface area contributed by atoms with Gasteiger partial charge in [-0.15, -0.1) is 0 Å². The van der Waals surface area contributed by atoms with Crippen molar-refractivity contribution in [1.29, 1.82) is 0 Å². The summed E-state index contributed by atoms with van der Waals surface area (Å²) in [5.41, 5.74) is 4.28. The lowest BCUT2D eigenvalue weighted by Crippen LogP contribution is -2.49. The summed E-state index contributed by atoms with van der Waals surface area (Å²) >= 11 is 0. The number of ether oxygens (including phenoxy) is 2. The highest BCUT2D eigenvalue weighted by Gasteiger charge is 2.62. The summed E-state index contributed by atoms with van der Waals surface area (Å²) in [4.78, 5) is 41.3. The van der Waals surface area contributed by atoms with Crippen molar-refractivity contribution in [2.24, 2.45) is 5.73 Å². The molecule has 1 aromatic heterocycles. The monoisotopic (exact) mass is 404 g/mol. The molecule has 2 aromatic carbocycles. The van der Waals surface area contributed by atoms with Gasteiger partial charge in [-0.2, -0.15) is 0 Å². The summed E-state index contributed by atoms with van der Waals surface area (Å²) in [6.45, 7) is 0. The van der Waals surface area contributed by atoms with Crippen LogP contribution >= 0.6 is 0 Å². The van der Waals surface area contributed by atoms with Crippen molar-refractivity contribution in [1.82, 2.24) is 0 Å². The van der Waals surface area contributed by atoms with Gasteiger partial charge in [0.25, 0.3) is 0 Å². The van der Waals surface area contributed by atoms with E-state index in [-0.39, 0.29) is 22.8 Å². The fourth-order valence-corrected chi connectivity index (χ4v) is 4.46. The Bertz CT molecular complexity index is 1360. The zero-order valence-electron chi connectivity index (χ0n) is 16.1. The van der Waals surface area contributed by atoms with Gasteiger partial charge in [-0.3, -0.25) is 4.79 Å². The Morgan fingerprint density at radius 1 is 1.10 bits per heavy atom. The third-order valence-corrected chi connectivity index (χ3v) is 5.64. The van der Waals surface area contributed by atoms with E-state index in [0.717, 1.165) is 0 Å². The van der Waals surface area contributed by atoms with Crippen LogP contribution in [0.15, 0.2) is 69.2 Å². The molecule has 0 bridgehead atoms. The molecule has 2 aliphatic rings. The standard InChI is InChI=1S/C22H16N2O6/c1-24-17-11-7-3-5-9-13(11)30-20(26)15(17)22(21(24)27)12-8-4-6-10-14(12)29-18(23)16(22)19(25)28-2/h3-10H,23H2,1-2H3/t22-/m0/s1. The number of para-hydroxylation sites is 2. The molecule has 0 radical (unpaired) electrons. The van der Waals surface area contributed by atoms with Crippen LogP contribution in [0.1, 0.15) is 11.1 Å². The molecule has 1 atom stereocenters. The molecular weight excluding hydrogens is 388 g/mol. The Kier molecular flexibility index (Phi) is 3.58. The van der Waals surface area contributed by atoms with Crippen molar-refractivity contribution >= 4 is 28.5 Å². The first kappa shape index (κ1) is 18.0. The first-order valence-electron chi connectivity index (χ1n) is 9.13. The molecule has 30 heavy (non-hydrogen) atoms. The van der Waals surface area contributed by atoms with Gasteiger partial charge < -0.3 is 24.5 Å². The lowest BCUT2D eigenvalue weighted by molar-refractivity contribution is -0.138.